The minimum absolute atomic E-state index is 1.13. The van der Waals surface area contributed by atoms with Crippen LogP contribution in [0.3, 0.4) is 0 Å². The molecule has 0 radical (unpaired) electrons. The first-order chi connectivity index (χ1) is 7.92. The predicted octanol–water partition coefficient (Wildman–Crippen LogP) is 2.14. The Labute approximate surface area is 98.9 Å². The number of hydrogen-bond acceptors (Lipinski definition) is 0. The van der Waals surface area contributed by atoms with Gasteiger partial charge in [-0.25, -0.2) is 0 Å². The number of rotatable bonds is 3. The Morgan fingerprint density at radius 3 is 1.56 bits per heavy atom. The summed E-state index contributed by atoms with van der Waals surface area (Å²) < 4.78 is 0. The van der Waals surface area contributed by atoms with Crippen LogP contribution >= 0.6 is 0 Å². The molecule has 16 heavy (non-hydrogen) atoms. The maximum absolute atomic E-state index is 2.38. The molecule has 0 aromatic heterocycles. The summed E-state index contributed by atoms with van der Waals surface area (Å²) in [6, 6.07) is 21.6. The molecule has 2 aromatic rings. The molecule has 80 valence electrons. The summed E-state index contributed by atoms with van der Waals surface area (Å²) in [6.07, 6.45) is 2.18. The summed E-state index contributed by atoms with van der Waals surface area (Å²) in [5.41, 5.74) is 2.38. The minimum atomic E-state index is -1.13. The Morgan fingerprint density at radius 2 is 1.19 bits per heavy atom. The molecule has 0 N–H and O–H groups in total. The van der Waals surface area contributed by atoms with Crippen LogP contribution in [0.5, 0.6) is 0 Å². The maximum atomic E-state index is 2.38. The molecule has 0 saturated carbocycles. The van der Waals surface area contributed by atoms with Crippen molar-refractivity contribution in [2.24, 2.45) is 0 Å². The summed E-state index contributed by atoms with van der Waals surface area (Å²) in [4.78, 5) is 0. The van der Waals surface area contributed by atoms with E-state index in [4.69, 9.17) is 0 Å². The normalized spacial score (nSPS) is 11.1. The summed E-state index contributed by atoms with van der Waals surface area (Å²) >= 11 is 0. The lowest BCUT2D eigenvalue weighted by molar-refractivity contribution is 1.72. The summed E-state index contributed by atoms with van der Waals surface area (Å²) in [5, 5.41) is 2.96. The van der Waals surface area contributed by atoms with Gasteiger partial charge in [0.1, 0.15) is 8.80 Å². The molecule has 0 atom stereocenters. The summed E-state index contributed by atoms with van der Waals surface area (Å²) in [5.74, 6) is 0. The third-order valence-electron chi connectivity index (χ3n) is 2.70. The quantitative estimate of drug-likeness (QED) is 0.701. The zero-order valence-corrected chi connectivity index (χ0v) is 10.7. The van der Waals surface area contributed by atoms with Crippen molar-refractivity contribution in [1.29, 1.82) is 0 Å². The van der Waals surface area contributed by atoms with Gasteiger partial charge in [-0.1, -0.05) is 82.8 Å². The lowest BCUT2D eigenvalue weighted by atomic mass is 10.4. The molecule has 0 unspecified atom stereocenters. The van der Waals surface area contributed by atoms with E-state index in [1.165, 1.54) is 10.4 Å². The van der Waals surface area contributed by atoms with Crippen LogP contribution in [0.2, 0.25) is 0 Å². The van der Waals surface area contributed by atoms with Gasteiger partial charge in [0, 0.05) is 0 Å². The smallest absolute Gasteiger partial charge is 0.0951 e. The first kappa shape index (κ1) is 10.9. The second-order valence-electron chi connectivity index (χ2n) is 3.82. The highest BCUT2D eigenvalue weighted by atomic mass is 28.3. The fourth-order valence-corrected chi connectivity index (χ4v) is 4.42. The molecule has 0 spiro atoms. The average molecular weight is 224 g/mol. The van der Waals surface area contributed by atoms with E-state index in [9.17, 15) is 0 Å². The second kappa shape index (κ2) is 5.47. The SMILES string of the molecule is C/C=C/[SiH](c1ccccc1)c1ccccc1. The van der Waals surface area contributed by atoms with E-state index in [1.807, 2.05) is 0 Å². The lowest BCUT2D eigenvalue weighted by Gasteiger charge is -2.11. The molecule has 0 aliphatic rings. The maximum Gasteiger partial charge on any atom is 0.125 e. The zero-order chi connectivity index (χ0) is 11.2. The highest BCUT2D eigenvalue weighted by Gasteiger charge is 2.11. The van der Waals surface area contributed by atoms with E-state index in [-0.39, 0.29) is 0 Å². The molecular weight excluding hydrogens is 208 g/mol. The first-order valence-electron chi connectivity index (χ1n) is 5.64. The van der Waals surface area contributed by atoms with E-state index >= 15 is 0 Å². The van der Waals surface area contributed by atoms with Gasteiger partial charge in [-0.3, -0.25) is 0 Å². The van der Waals surface area contributed by atoms with E-state index in [1.54, 1.807) is 0 Å². The van der Waals surface area contributed by atoms with Gasteiger partial charge in [-0.15, -0.1) is 0 Å². The van der Waals surface area contributed by atoms with Gasteiger partial charge in [0.2, 0.25) is 0 Å². The Kier molecular flexibility index (Phi) is 3.73. The molecule has 2 rings (SSSR count). The van der Waals surface area contributed by atoms with Gasteiger partial charge in [0.05, 0.1) is 0 Å². The number of benzene rings is 2. The van der Waals surface area contributed by atoms with Crippen LogP contribution in [-0.2, 0) is 0 Å². The van der Waals surface area contributed by atoms with Crippen molar-refractivity contribution in [3.8, 4) is 0 Å². The predicted molar refractivity (Wildman–Crippen MR) is 74.1 cm³/mol. The van der Waals surface area contributed by atoms with Crippen LogP contribution in [-0.4, -0.2) is 8.80 Å². The van der Waals surface area contributed by atoms with Crippen molar-refractivity contribution in [1.82, 2.24) is 0 Å². The van der Waals surface area contributed by atoms with Gasteiger partial charge >= 0.3 is 0 Å². The third kappa shape index (κ3) is 2.50. The summed E-state index contributed by atoms with van der Waals surface area (Å²) in [7, 11) is -1.13. The molecule has 0 aliphatic heterocycles. The third-order valence-corrected chi connectivity index (χ3v) is 5.68. The largest absolute Gasteiger partial charge is 0.125 e. The van der Waals surface area contributed by atoms with Gasteiger partial charge in [-0.2, -0.15) is 0 Å². The van der Waals surface area contributed by atoms with Crippen molar-refractivity contribution >= 4 is 19.2 Å². The van der Waals surface area contributed by atoms with Crippen molar-refractivity contribution in [2.45, 2.75) is 6.92 Å². The van der Waals surface area contributed by atoms with Crippen molar-refractivity contribution in [3.63, 3.8) is 0 Å². The number of hydrogen-bond donors (Lipinski definition) is 0. The molecular formula is C15H16Si. The van der Waals surface area contributed by atoms with Gasteiger partial charge < -0.3 is 0 Å². The molecule has 2 aromatic carbocycles. The molecule has 0 bridgehead atoms. The van der Waals surface area contributed by atoms with E-state index in [0.717, 1.165) is 0 Å². The summed E-state index contributed by atoms with van der Waals surface area (Å²) in [6.45, 7) is 2.10. The topological polar surface area (TPSA) is 0 Å². The van der Waals surface area contributed by atoms with E-state index in [2.05, 4.69) is 79.4 Å². The Morgan fingerprint density at radius 1 is 0.750 bits per heavy atom. The highest BCUT2D eigenvalue weighted by Crippen LogP contribution is 1.94. The van der Waals surface area contributed by atoms with Crippen molar-refractivity contribution in [3.05, 3.63) is 72.4 Å². The van der Waals surface area contributed by atoms with E-state index in [0.29, 0.717) is 0 Å². The standard InChI is InChI=1S/C15H16Si/c1-2-13-16(14-9-5-3-6-10-14)15-11-7-4-8-12-15/h2-13,16H,1H3/b13-2+. The number of allylic oxidation sites excluding steroid dienone is 1. The fourth-order valence-electron chi connectivity index (χ4n) is 1.93. The van der Waals surface area contributed by atoms with E-state index < -0.39 is 8.80 Å². The molecule has 1 heteroatoms. The van der Waals surface area contributed by atoms with Gasteiger partial charge in [0.15, 0.2) is 0 Å². The first-order valence-corrected chi connectivity index (χ1v) is 7.46. The Hall–Kier alpha value is -1.60. The second-order valence-corrected chi connectivity index (χ2v) is 6.50. The van der Waals surface area contributed by atoms with Crippen LogP contribution in [0.15, 0.2) is 72.4 Å². The molecule has 0 aliphatic carbocycles. The Bertz CT molecular complexity index is 406. The average Bonchev–Trinajstić information content (AvgIpc) is 2.38. The van der Waals surface area contributed by atoms with Crippen LogP contribution in [0, 0.1) is 0 Å². The van der Waals surface area contributed by atoms with Crippen molar-refractivity contribution in [2.75, 3.05) is 0 Å². The van der Waals surface area contributed by atoms with Gasteiger partial charge in [0.25, 0.3) is 0 Å². The highest BCUT2D eigenvalue weighted by molar-refractivity contribution is 6.89. The molecule has 0 saturated heterocycles. The van der Waals surface area contributed by atoms with Crippen molar-refractivity contribution < 1.29 is 0 Å². The molecule has 0 nitrogen and oxygen atoms in total. The van der Waals surface area contributed by atoms with Crippen LogP contribution in [0.25, 0.3) is 0 Å². The minimum Gasteiger partial charge on any atom is -0.0951 e. The molecule has 0 heterocycles. The molecule has 0 amide bonds. The lowest BCUT2D eigenvalue weighted by Crippen LogP contribution is -2.40. The van der Waals surface area contributed by atoms with Crippen LogP contribution < -0.4 is 10.4 Å². The van der Waals surface area contributed by atoms with Crippen LogP contribution in [0.1, 0.15) is 6.92 Å². The Balaban J connectivity index is 2.39. The van der Waals surface area contributed by atoms with Gasteiger partial charge in [-0.05, 0) is 6.92 Å². The van der Waals surface area contributed by atoms with Crippen LogP contribution in [0.4, 0.5) is 0 Å². The monoisotopic (exact) mass is 224 g/mol. The fraction of sp³-hybridized carbons (Fsp3) is 0.0667. The molecule has 0 fully saturated rings. The zero-order valence-electron chi connectivity index (χ0n) is 9.51.